The number of rotatable bonds is 20. The Balaban J connectivity index is 1.71. The summed E-state index contributed by atoms with van der Waals surface area (Å²) in [7, 11) is 0. The summed E-state index contributed by atoms with van der Waals surface area (Å²) in [5.41, 5.74) is 24.0. The summed E-state index contributed by atoms with van der Waals surface area (Å²) in [6, 6.07) is 16.7. The van der Waals surface area contributed by atoms with Crippen molar-refractivity contribution < 1.29 is 0 Å². The first-order chi connectivity index (χ1) is 29.7. The van der Waals surface area contributed by atoms with Gasteiger partial charge in [-0.05, 0) is 54.0 Å². The normalized spacial score (nSPS) is 13.4. The first-order valence-corrected chi connectivity index (χ1v) is 32.5. The number of aromatic amines is 2. The quantitative estimate of drug-likeness (QED) is 0.0868. The molecule has 0 radical (unpaired) electrons. The number of aromatic nitrogens is 4. The summed E-state index contributed by atoms with van der Waals surface area (Å²) in [5, 5.41) is 0. The first-order valence-electron chi connectivity index (χ1n) is 24.8. The summed E-state index contributed by atoms with van der Waals surface area (Å²) in [6.45, 7) is 25.6. The zero-order valence-electron chi connectivity index (χ0n) is 40.1. The molecule has 8 bridgehead atoms. The van der Waals surface area contributed by atoms with Crippen LogP contribution in [-0.4, -0.2) is 38.3 Å². The number of H-pyrrole nitrogens is 2. The van der Waals surface area contributed by atoms with Crippen LogP contribution >= 0.6 is 0 Å². The Morgan fingerprint density at radius 2 is 0.836 bits per heavy atom. The fraction of sp³-hybridized carbons (Fsp3) is 0.500. The van der Waals surface area contributed by atoms with Crippen molar-refractivity contribution in [3.8, 4) is 11.1 Å². The molecule has 2 aliphatic rings. The molecule has 5 heterocycles. The van der Waals surface area contributed by atoms with Gasteiger partial charge < -0.3 is 9.97 Å². The van der Waals surface area contributed by atoms with E-state index in [4.69, 9.17) is 9.97 Å². The number of benzene rings is 1. The Labute approximate surface area is 374 Å². The Morgan fingerprint density at radius 3 is 1.18 bits per heavy atom. The van der Waals surface area contributed by atoms with Crippen LogP contribution in [-0.2, 0) is 25.7 Å². The van der Waals surface area contributed by atoms with Gasteiger partial charge in [0.1, 0.15) is 0 Å². The molecule has 0 saturated carbocycles. The fourth-order valence-electron chi connectivity index (χ4n) is 10.7. The third kappa shape index (κ3) is 9.65. The molecule has 2 N–H and O–H groups in total. The van der Waals surface area contributed by atoms with Gasteiger partial charge in [0.05, 0.1) is 0 Å². The number of fused-ring (bicyclic) bond motifs is 8. The first kappa shape index (κ1) is 46.9. The summed E-state index contributed by atoms with van der Waals surface area (Å²) in [4.78, 5) is 19.4. The van der Waals surface area contributed by atoms with E-state index >= 15 is 0 Å². The minimum atomic E-state index is -2.44. The fourth-order valence-corrected chi connectivity index (χ4v) is 24.9. The van der Waals surface area contributed by atoms with Crippen molar-refractivity contribution in [1.82, 2.24) is 19.9 Å². The van der Waals surface area contributed by atoms with Crippen molar-refractivity contribution >= 4 is 68.8 Å². The molecule has 0 spiro atoms. The van der Waals surface area contributed by atoms with Crippen molar-refractivity contribution in [1.29, 1.82) is 0 Å². The van der Waals surface area contributed by atoms with Crippen LogP contribution in [0.5, 0.6) is 0 Å². The van der Waals surface area contributed by atoms with Gasteiger partial charge in [-0.25, -0.2) is 0 Å². The number of nitrogens with one attached hydrogen (secondary N) is 2. The Morgan fingerprint density at radius 1 is 0.459 bits per heavy atom. The van der Waals surface area contributed by atoms with Crippen molar-refractivity contribution in [2.24, 2.45) is 0 Å². The average molecular weight is 926 g/mol. The van der Waals surface area contributed by atoms with E-state index < -0.39 is 18.4 Å². The van der Waals surface area contributed by atoms with Crippen LogP contribution in [0.3, 0.4) is 0 Å². The van der Waals surface area contributed by atoms with E-state index in [0.717, 1.165) is 74.1 Å². The van der Waals surface area contributed by atoms with Crippen LogP contribution in [0.4, 0.5) is 0 Å². The monoisotopic (exact) mass is 927 g/mol. The molecule has 6 rings (SSSR count). The van der Waals surface area contributed by atoms with Crippen molar-refractivity contribution in [2.45, 2.75) is 179 Å². The standard InChI is InChI=1S/C44H51N4.3C4H9.Sn/c1-10-26-19-21-27(22-20-26)42-43-34(17-8)32(15-6)40(47-43)24-38-30(13-4)28(11-2)36(45-38)23-37-29(12-3)31(14-5)39(46-37)25-41-33(16-7)35(18-9)44(42)48-41;3*1-3-4-2;/h1,10,19-25,45-46H,11-18H2,2-9H3;3*1,3-4H2,2H3;. The Bertz CT molecular complexity index is 2270. The second-order valence-electron chi connectivity index (χ2n) is 17.7. The molecule has 5 heteroatoms. The van der Waals surface area contributed by atoms with Crippen LogP contribution in [0.25, 0.3) is 61.6 Å². The van der Waals surface area contributed by atoms with Gasteiger partial charge in [-0.3, -0.25) is 0 Å². The van der Waals surface area contributed by atoms with E-state index in [1.165, 1.54) is 135 Å². The van der Waals surface area contributed by atoms with E-state index in [-0.39, 0.29) is 0 Å². The van der Waals surface area contributed by atoms with Crippen molar-refractivity contribution in [2.75, 3.05) is 0 Å². The summed E-state index contributed by atoms with van der Waals surface area (Å²) >= 11 is -2.44. The zero-order chi connectivity index (χ0) is 43.7. The molecule has 4 nitrogen and oxygen atoms in total. The number of aryl methyl sites for hydroxylation is 4. The average Bonchev–Trinajstić information content (AvgIpc) is 4.02. The maximum absolute atomic E-state index is 5.73. The van der Waals surface area contributed by atoms with Crippen LogP contribution < -0.4 is 0 Å². The summed E-state index contributed by atoms with van der Waals surface area (Å²) < 4.78 is 7.29. The predicted octanol–water partition coefficient (Wildman–Crippen LogP) is 17.1. The minimum absolute atomic E-state index is 0.920. The second-order valence-corrected chi connectivity index (χ2v) is 30.7. The molecule has 0 amide bonds. The molecule has 0 aliphatic carbocycles. The van der Waals surface area contributed by atoms with Crippen LogP contribution in [0, 0.1) is 0 Å². The molecule has 61 heavy (non-hydrogen) atoms. The van der Waals surface area contributed by atoms with E-state index in [0.29, 0.717) is 0 Å². The molecule has 326 valence electrons. The predicted molar refractivity (Wildman–Crippen MR) is 273 cm³/mol. The van der Waals surface area contributed by atoms with Gasteiger partial charge in [-0.2, -0.15) is 0 Å². The van der Waals surface area contributed by atoms with E-state index in [9.17, 15) is 0 Å². The molecule has 0 atom stereocenters. The number of nitrogens with zero attached hydrogens (tertiary/aromatic N) is 2. The maximum atomic E-state index is 5.73. The van der Waals surface area contributed by atoms with Gasteiger partial charge in [0.2, 0.25) is 0 Å². The molecule has 0 fully saturated rings. The van der Waals surface area contributed by atoms with Crippen molar-refractivity contribution in [3.63, 3.8) is 0 Å². The van der Waals surface area contributed by atoms with E-state index in [1.807, 2.05) is 0 Å². The number of hydrogen-bond donors (Lipinski definition) is 2. The van der Waals surface area contributed by atoms with Crippen molar-refractivity contribution in [3.05, 3.63) is 97.1 Å². The van der Waals surface area contributed by atoms with Gasteiger partial charge in [0.25, 0.3) is 0 Å². The topological polar surface area (TPSA) is 57.4 Å². The number of hydrogen-bond acceptors (Lipinski definition) is 2. The molecule has 0 unspecified atom stereocenters. The Hall–Kier alpha value is -3.64. The summed E-state index contributed by atoms with van der Waals surface area (Å²) in [6.07, 6.45) is 18.2. The van der Waals surface area contributed by atoms with Gasteiger partial charge in [0, 0.05) is 11.0 Å². The SMILES string of the molecule is CCC[CH2][Sn](/[CH]=C/c1ccc(-c2c3nc(cc4[nH]c(cc5[nH]c(cc6nc2C(CC)=C6CC)c(CC)c5CC)c(CC)c4CC)C(CC)=C3CC)cc1)([CH2]CCC)[CH2]CCC. The molecule has 3 aromatic heterocycles. The second kappa shape index (κ2) is 21.6. The zero-order valence-corrected chi connectivity index (χ0v) is 43.0. The van der Waals surface area contributed by atoms with Crippen LogP contribution in [0.15, 0.2) is 46.6 Å². The number of unbranched alkanes of at least 4 members (excludes halogenated alkanes) is 3. The number of allylic oxidation sites excluding steroid dienone is 4. The van der Waals surface area contributed by atoms with Gasteiger partial charge >= 0.3 is 274 Å². The molecular weight excluding hydrogens is 847 g/mol. The van der Waals surface area contributed by atoms with E-state index in [1.54, 1.807) is 0 Å². The van der Waals surface area contributed by atoms with Gasteiger partial charge in [0.15, 0.2) is 0 Å². The van der Waals surface area contributed by atoms with Gasteiger partial charge in [-0.1, -0.05) is 27.7 Å². The molecule has 4 aromatic rings. The molecule has 2 aliphatic heterocycles. The van der Waals surface area contributed by atoms with Gasteiger partial charge in [-0.15, -0.1) is 0 Å². The van der Waals surface area contributed by atoms with Crippen LogP contribution in [0.1, 0.15) is 191 Å². The molecule has 0 saturated heterocycles. The Kier molecular flexibility index (Phi) is 16.6. The molecular formula is C56H78N4Sn. The molecule has 1 aromatic carbocycles. The van der Waals surface area contributed by atoms with Crippen LogP contribution in [0.2, 0.25) is 13.3 Å². The van der Waals surface area contributed by atoms with E-state index in [2.05, 4.69) is 139 Å². The third-order valence-corrected chi connectivity index (χ3v) is 28.1. The third-order valence-electron chi connectivity index (χ3n) is 14.0. The summed E-state index contributed by atoms with van der Waals surface area (Å²) in [5.74, 6) is 0.